The normalized spacial score (nSPS) is 11.6. The highest BCUT2D eigenvalue weighted by atomic mass is 32.2. The monoisotopic (exact) mass is 364 g/mol. The summed E-state index contributed by atoms with van der Waals surface area (Å²) < 4.78 is 39.6. The average molecular weight is 364 g/mol. The van der Waals surface area contributed by atoms with Crippen LogP contribution in [0.2, 0.25) is 0 Å². The Morgan fingerprint density at radius 1 is 1.12 bits per heavy atom. The van der Waals surface area contributed by atoms with E-state index in [9.17, 15) is 17.6 Å². The predicted molar refractivity (Wildman–Crippen MR) is 95.6 cm³/mol. The van der Waals surface area contributed by atoms with Crippen molar-refractivity contribution in [1.82, 2.24) is 4.31 Å². The molecule has 0 unspecified atom stereocenters. The summed E-state index contributed by atoms with van der Waals surface area (Å²) in [6, 6.07) is 9.92. The quantitative estimate of drug-likeness (QED) is 0.854. The molecule has 0 spiro atoms. The molecule has 0 bridgehead atoms. The number of carbonyl (C=O) groups is 1. The molecule has 0 heterocycles. The Labute approximate surface area is 147 Å². The third-order valence-electron chi connectivity index (χ3n) is 3.88. The first-order chi connectivity index (χ1) is 11.8. The molecule has 0 radical (unpaired) electrons. The molecule has 1 amide bonds. The molecule has 0 saturated heterocycles. The zero-order valence-corrected chi connectivity index (χ0v) is 15.2. The van der Waals surface area contributed by atoms with E-state index in [1.807, 2.05) is 0 Å². The van der Waals surface area contributed by atoms with E-state index in [4.69, 9.17) is 0 Å². The molecule has 7 heteroatoms. The van der Waals surface area contributed by atoms with Gasteiger partial charge in [0.1, 0.15) is 5.82 Å². The maximum atomic E-state index is 13.2. The number of hydrogen-bond donors (Lipinski definition) is 1. The van der Waals surface area contributed by atoms with Gasteiger partial charge in [0, 0.05) is 24.3 Å². The number of anilines is 1. The molecule has 0 fully saturated rings. The molecular weight excluding hydrogens is 343 g/mol. The Kier molecular flexibility index (Phi) is 5.92. The molecule has 1 N–H and O–H groups in total. The van der Waals surface area contributed by atoms with Gasteiger partial charge in [-0.1, -0.05) is 19.9 Å². The second-order valence-electron chi connectivity index (χ2n) is 5.53. The standard InChI is InChI=1S/C18H21FN2O3S/c1-4-21(5-2)25(23,24)16-8-6-7-14(12-16)18(22)20-17-10-9-15(19)11-13(17)3/h6-12H,4-5H2,1-3H3,(H,20,22). The first kappa shape index (κ1) is 19.1. The summed E-state index contributed by atoms with van der Waals surface area (Å²) in [6.07, 6.45) is 0. The van der Waals surface area contributed by atoms with Crippen LogP contribution in [0.25, 0.3) is 0 Å². The number of benzene rings is 2. The van der Waals surface area contributed by atoms with E-state index in [1.54, 1.807) is 20.8 Å². The predicted octanol–water partition coefficient (Wildman–Crippen LogP) is 3.42. The number of hydrogen-bond acceptors (Lipinski definition) is 3. The van der Waals surface area contributed by atoms with E-state index >= 15 is 0 Å². The number of nitrogens with zero attached hydrogens (tertiary/aromatic N) is 1. The van der Waals surface area contributed by atoms with Gasteiger partial charge >= 0.3 is 0 Å². The number of amides is 1. The van der Waals surface area contributed by atoms with Crippen LogP contribution in [0.3, 0.4) is 0 Å². The van der Waals surface area contributed by atoms with Crippen molar-refractivity contribution in [2.24, 2.45) is 0 Å². The molecule has 0 aliphatic rings. The number of nitrogens with one attached hydrogen (secondary N) is 1. The van der Waals surface area contributed by atoms with Crippen molar-refractivity contribution in [2.75, 3.05) is 18.4 Å². The van der Waals surface area contributed by atoms with Crippen molar-refractivity contribution < 1.29 is 17.6 Å². The Morgan fingerprint density at radius 3 is 2.40 bits per heavy atom. The van der Waals surface area contributed by atoms with Crippen LogP contribution in [0.15, 0.2) is 47.4 Å². The lowest BCUT2D eigenvalue weighted by Crippen LogP contribution is -2.30. The fraction of sp³-hybridized carbons (Fsp3) is 0.278. The number of aryl methyl sites for hydroxylation is 1. The summed E-state index contributed by atoms with van der Waals surface area (Å²) in [5.41, 5.74) is 1.28. The molecule has 25 heavy (non-hydrogen) atoms. The Morgan fingerprint density at radius 2 is 1.80 bits per heavy atom. The van der Waals surface area contributed by atoms with Gasteiger partial charge in [0.2, 0.25) is 10.0 Å². The van der Waals surface area contributed by atoms with E-state index < -0.39 is 15.9 Å². The second-order valence-corrected chi connectivity index (χ2v) is 7.47. The van der Waals surface area contributed by atoms with Gasteiger partial charge in [-0.05, 0) is 48.9 Å². The molecule has 0 aromatic heterocycles. The fourth-order valence-electron chi connectivity index (χ4n) is 2.47. The van der Waals surface area contributed by atoms with Crippen LogP contribution in [0.5, 0.6) is 0 Å². The second kappa shape index (κ2) is 7.76. The largest absolute Gasteiger partial charge is 0.322 e. The molecule has 0 atom stereocenters. The zero-order valence-electron chi connectivity index (χ0n) is 14.4. The maximum absolute atomic E-state index is 13.2. The number of halogens is 1. The van der Waals surface area contributed by atoms with E-state index in [0.29, 0.717) is 24.3 Å². The highest BCUT2D eigenvalue weighted by Crippen LogP contribution is 2.20. The maximum Gasteiger partial charge on any atom is 0.255 e. The van der Waals surface area contributed by atoms with Gasteiger partial charge in [0.15, 0.2) is 0 Å². The van der Waals surface area contributed by atoms with Crippen molar-refractivity contribution in [3.63, 3.8) is 0 Å². The molecule has 0 saturated carbocycles. The van der Waals surface area contributed by atoms with Gasteiger partial charge in [0.25, 0.3) is 5.91 Å². The Bertz CT molecular complexity index is 878. The highest BCUT2D eigenvalue weighted by Gasteiger charge is 2.22. The van der Waals surface area contributed by atoms with Crippen LogP contribution in [0.1, 0.15) is 29.8 Å². The Balaban J connectivity index is 2.30. The Hall–Kier alpha value is -2.25. The van der Waals surface area contributed by atoms with Gasteiger partial charge in [0.05, 0.1) is 4.90 Å². The molecule has 134 valence electrons. The topological polar surface area (TPSA) is 66.5 Å². The summed E-state index contributed by atoms with van der Waals surface area (Å²) >= 11 is 0. The van der Waals surface area contributed by atoms with Crippen LogP contribution < -0.4 is 5.32 Å². The molecule has 2 aromatic rings. The smallest absolute Gasteiger partial charge is 0.255 e. The average Bonchev–Trinajstić information content (AvgIpc) is 2.58. The van der Waals surface area contributed by atoms with E-state index in [1.165, 1.54) is 46.8 Å². The van der Waals surface area contributed by atoms with Crippen molar-refractivity contribution in [3.8, 4) is 0 Å². The van der Waals surface area contributed by atoms with Crippen molar-refractivity contribution in [3.05, 3.63) is 59.4 Å². The van der Waals surface area contributed by atoms with Gasteiger partial charge in [-0.15, -0.1) is 0 Å². The number of carbonyl (C=O) groups excluding carboxylic acids is 1. The van der Waals surface area contributed by atoms with Crippen LogP contribution in [-0.4, -0.2) is 31.7 Å². The summed E-state index contributed by atoms with van der Waals surface area (Å²) in [7, 11) is -3.64. The first-order valence-corrected chi connectivity index (χ1v) is 9.41. The molecule has 5 nitrogen and oxygen atoms in total. The molecule has 2 rings (SSSR count). The fourth-order valence-corrected chi connectivity index (χ4v) is 3.98. The van der Waals surface area contributed by atoms with Gasteiger partial charge in [-0.25, -0.2) is 12.8 Å². The van der Waals surface area contributed by atoms with Crippen molar-refractivity contribution >= 4 is 21.6 Å². The number of rotatable bonds is 6. The van der Waals surface area contributed by atoms with E-state index in [2.05, 4.69) is 5.32 Å². The minimum Gasteiger partial charge on any atom is -0.322 e. The van der Waals surface area contributed by atoms with E-state index in [-0.39, 0.29) is 16.3 Å². The van der Waals surface area contributed by atoms with Crippen molar-refractivity contribution in [1.29, 1.82) is 0 Å². The molecule has 0 aliphatic carbocycles. The van der Waals surface area contributed by atoms with Gasteiger partial charge in [-0.2, -0.15) is 4.31 Å². The SMILES string of the molecule is CCN(CC)S(=O)(=O)c1cccc(C(=O)Nc2ccc(F)cc2C)c1. The molecule has 2 aromatic carbocycles. The lowest BCUT2D eigenvalue weighted by molar-refractivity contribution is 0.102. The van der Waals surface area contributed by atoms with Gasteiger partial charge < -0.3 is 5.32 Å². The van der Waals surface area contributed by atoms with Crippen LogP contribution in [0.4, 0.5) is 10.1 Å². The van der Waals surface area contributed by atoms with Gasteiger partial charge in [-0.3, -0.25) is 4.79 Å². The number of sulfonamides is 1. The third-order valence-corrected chi connectivity index (χ3v) is 5.92. The molecule has 0 aliphatic heterocycles. The summed E-state index contributed by atoms with van der Waals surface area (Å²) in [6.45, 7) is 5.90. The zero-order chi connectivity index (χ0) is 18.6. The summed E-state index contributed by atoms with van der Waals surface area (Å²) in [4.78, 5) is 12.5. The van der Waals surface area contributed by atoms with Crippen LogP contribution in [0, 0.1) is 12.7 Å². The molecular formula is C18H21FN2O3S. The lowest BCUT2D eigenvalue weighted by Gasteiger charge is -2.18. The first-order valence-electron chi connectivity index (χ1n) is 7.97. The third kappa shape index (κ3) is 4.24. The minimum atomic E-state index is -3.64. The summed E-state index contributed by atoms with van der Waals surface area (Å²) in [5.74, 6) is -0.839. The minimum absolute atomic E-state index is 0.0691. The highest BCUT2D eigenvalue weighted by molar-refractivity contribution is 7.89. The lowest BCUT2D eigenvalue weighted by atomic mass is 10.1. The van der Waals surface area contributed by atoms with Crippen LogP contribution >= 0.6 is 0 Å². The van der Waals surface area contributed by atoms with Crippen molar-refractivity contribution in [2.45, 2.75) is 25.7 Å². The van der Waals surface area contributed by atoms with Crippen LogP contribution in [-0.2, 0) is 10.0 Å². The summed E-state index contributed by atoms with van der Waals surface area (Å²) in [5, 5.41) is 2.68. The van der Waals surface area contributed by atoms with E-state index in [0.717, 1.165) is 0 Å².